The number of urea groups is 1. The molecule has 0 bridgehead atoms. The molecule has 0 atom stereocenters. The number of hydrogen-bond acceptors (Lipinski definition) is 9. The Labute approximate surface area is 264 Å². The molecule has 13 heteroatoms. The number of carbonyl (C=O) groups excluding carboxylic acids is 2. The van der Waals surface area contributed by atoms with Gasteiger partial charge in [-0.25, -0.2) is 24.4 Å². The Kier molecular flexibility index (Phi) is 8.69. The summed E-state index contributed by atoms with van der Waals surface area (Å²) in [6.07, 6.45) is 6.91. The van der Waals surface area contributed by atoms with Crippen molar-refractivity contribution in [3.8, 4) is 33.6 Å². The number of carbonyl (C=O) groups is 2. The summed E-state index contributed by atoms with van der Waals surface area (Å²) in [5.74, 6) is 2.19. The minimum Gasteiger partial charge on any atom is -0.494 e. The second-order valence-corrected chi connectivity index (χ2v) is 11.8. The Balaban J connectivity index is 1.08. The molecule has 3 amide bonds. The van der Waals surface area contributed by atoms with Crippen molar-refractivity contribution in [3.05, 3.63) is 78.9 Å². The zero-order chi connectivity index (χ0) is 31.3. The van der Waals surface area contributed by atoms with Gasteiger partial charge in [0.2, 0.25) is 5.91 Å². The van der Waals surface area contributed by atoms with E-state index in [-0.39, 0.29) is 11.9 Å². The summed E-state index contributed by atoms with van der Waals surface area (Å²) in [4.78, 5) is 40.6. The van der Waals surface area contributed by atoms with Crippen molar-refractivity contribution in [2.24, 2.45) is 5.92 Å². The van der Waals surface area contributed by atoms with Gasteiger partial charge in [-0.2, -0.15) is 5.10 Å². The predicted octanol–water partition coefficient (Wildman–Crippen LogP) is 6.56. The molecule has 0 spiro atoms. The average molecular weight is 625 g/mol. The number of thiazole rings is 1. The van der Waals surface area contributed by atoms with Gasteiger partial charge in [-0.15, -0.1) is 0 Å². The highest BCUT2D eigenvalue weighted by atomic mass is 32.1. The van der Waals surface area contributed by atoms with Crippen molar-refractivity contribution in [1.29, 1.82) is 0 Å². The van der Waals surface area contributed by atoms with Crippen LogP contribution in [0.15, 0.2) is 73.2 Å². The molecule has 2 N–H and O–H groups in total. The van der Waals surface area contributed by atoms with Crippen LogP contribution in [-0.4, -0.2) is 50.3 Å². The van der Waals surface area contributed by atoms with Crippen molar-refractivity contribution in [2.75, 3.05) is 29.2 Å². The lowest BCUT2D eigenvalue weighted by Gasteiger charge is -2.12. The molecule has 12 nitrogen and oxygen atoms in total. The number of anilines is 3. The number of aromatic nitrogens is 5. The zero-order valence-corrected chi connectivity index (χ0v) is 25.9. The number of ether oxygens (including phenoxy) is 2. The molecule has 45 heavy (non-hydrogen) atoms. The third-order valence-electron chi connectivity index (χ3n) is 6.96. The lowest BCUT2D eigenvalue weighted by atomic mass is 10.1. The Morgan fingerprint density at radius 3 is 2.51 bits per heavy atom. The number of benzene rings is 2. The van der Waals surface area contributed by atoms with Crippen LogP contribution >= 0.6 is 11.3 Å². The summed E-state index contributed by atoms with van der Waals surface area (Å²) >= 11 is 1.49. The van der Waals surface area contributed by atoms with Crippen molar-refractivity contribution in [1.82, 2.24) is 24.7 Å². The fraction of sp³-hybridized carbons (Fsp3) is 0.250. The number of nitrogens with one attached hydrogen (secondary N) is 2. The maximum atomic E-state index is 13.0. The quantitative estimate of drug-likeness (QED) is 0.178. The second kappa shape index (κ2) is 13.1. The first kappa shape index (κ1) is 29.8. The molecule has 1 saturated heterocycles. The molecule has 0 saturated carbocycles. The maximum absolute atomic E-state index is 13.0. The van der Waals surface area contributed by atoms with Crippen LogP contribution in [0.3, 0.4) is 0 Å². The van der Waals surface area contributed by atoms with Crippen LogP contribution in [0.5, 0.6) is 17.5 Å². The molecule has 1 fully saturated rings. The van der Waals surface area contributed by atoms with E-state index in [9.17, 15) is 9.59 Å². The third-order valence-corrected chi connectivity index (χ3v) is 8.03. The van der Waals surface area contributed by atoms with E-state index in [0.29, 0.717) is 47.6 Å². The molecule has 5 aromatic rings. The molecule has 0 unspecified atom stereocenters. The Morgan fingerprint density at radius 1 is 1.02 bits per heavy atom. The normalized spacial score (nSPS) is 12.9. The van der Waals surface area contributed by atoms with E-state index < -0.39 is 6.03 Å². The fourth-order valence-electron chi connectivity index (χ4n) is 4.90. The van der Waals surface area contributed by atoms with Crippen molar-refractivity contribution in [2.45, 2.75) is 33.1 Å². The van der Waals surface area contributed by atoms with Gasteiger partial charge in [0.15, 0.2) is 5.13 Å². The van der Waals surface area contributed by atoms with Gasteiger partial charge in [0.05, 0.1) is 35.8 Å². The lowest BCUT2D eigenvalue weighted by Crippen LogP contribution is -2.23. The summed E-state index contributed by atoms with van der Waals surface area (Å²) in [6, 6.07) is 16.5. The highest BCUT2D eigenvalue weighted by Gasteiger charge is 2.24. The van der Waals surface area contributed by atoms with Crippen LogP contribution in [0.2, 0.25) is 0 Å². The molecular formula is C32H32N8O4S. The third kappa shape index (κ3) is 6.93. The van der Waals surface area contributed by atoms with E-state index in [1.807, 2.05) is 54.6 Å². The molecule has 1 aliphatic rings. The topological polar surface area (TPSA) is 136 Å². The van der Waals surface area contributed by atoms with Gasteiger partial charge in [-0.05, 0) is 60.7 Å². The second-order valence-electron chi connectivity index (χ2n) is 10.8. The monoisotopic (exact) mass is 624 g/mol. The molecule has 3 aromatic heterocycles. The zero-order valence-electron chi connectivity index (χ0n) is 25.1. The average Bonchev–Trinajstić information content (AvgIpc) is 3.78. The first-order chi connectivity index (χ1) is 21.9. The van der Waals surface area contributed by atoms with Gasteiger partial charge in [-0.1, -0.05) is 37.3 Å². The van der Waals surface area contributed by atoms with Crippen LogP contribution in [0.25, 0.3) is 16.1 Å². The van der Waals surface area contributed by atoms with E-state index in [2.05, 4.69) is 39.4 Å². The van der Waals surface area contributed by atoms with Crippen molar-refractivity contribution < 1.29 is 19.1 Å². The Hall–Kier alpha value is -5.30. The molecule has 2 aromatic carbocycles. The number of amides is 3. The van der Waals surface area contributed by atoms with E-state index in [1.54, 1.807) is 22.9 Å². The largest absolute Gasteiger partial charge is 0.494 e. The van der Waals surface area contributed by atoms with Crippen LogP contribution < -0.4 is 25.0 Å². The minimum atomic E-state index is -0.477. The van der Waals surface area contributed by atoms with Crippen molar-refractivity contribution in [3.63, 3.8) is 0 Å². The number of hydrogen-bond donors (Lipinski definition) is 2. The summed E-state index contributed by atoms with van der Waals surface area (Å²) in [5, 5.41) is 11.1. The van der Waals surface area contributed by atoms with Gasteiger partial charge >= 0.3 is 12.0 Å². The van der Waals surface area contributed by atoms with E-state index >= 15 is 0 Å². The summed E-state index contributed by atoms with van der Waals surface area (Å²) < 4.78 is 13.0. The Morgan fingerprint density at radius 2 is 1.80 bits per heavy atom. The first-order valence-corrected chi connectivity index (χ1v) is 15.3. The standard InChI is InChI=1S/C32H32N8O4S/c1-20(2)15-22-16-28(40(38-22)25-7-4-5-8-26(25)43-3)37-30(42)36-23-17-33-31(34-18-23)44-24-12-10-21(11-13-24)27-19-35-32(45-27)39-14-6-9-29(39)41/h4-5,7-8,10-13,16-20H,6,9,14-15H2,1-3H3,(H2,36,37,42). The predicted molar refractivity (Wildman–Crippen MR) is 173 cm³/mol. The van der Waals surface area contributed by atoms with Crippen LogP contribution in [-0.2, 0) is 11.2 Å². The van der Waals surface area contributed by atoms with Gasteiger partial charge < -0.3 is 14.8 Å². The highest BCUT2D eigenvalue weighted by molar-refractivity contribution is 7.19. The molecule has 4 heterocycles. The summed E-state index contributed by atoms with van der Waals surface area (Å²) in [6.45, 7) is 4.94. The number of nitrogens with zero attached hydrogens (tertiary/aromatic N) is 6. The first-order valence-electron chi connectivity index (χ1n) is 14.5. The molecule has 6 rings (SSSR count). The summed E-state index contributed by atoms with van der Waals surface area (Å²) in [5.41, 5.74) is 2.91. The van der Waals surface area contributed by atoms with E-state index in [0.717, 1.165) is 34.1 Å². The maximum Gasteiger partial charge on any atom is 0.324 e. The highest BCUT2D eigenvalue weighted by Crippen LogP contribution is 2.34. The van der Waals surface area contributed by atoms with Crippen LogP contribution in [0.4, 0.5) is 21.4 Å². The molecule has 0 radical (unpaired) electrons. The molecule has 230 valence electrons. The smallest absolute Gasteiger partial charge is 0.324 e. The number of rotatable bonds is 10. The molecule has 0 aliphatic carbocycles. The van der Waals surface area contributed by atoms with Crippen molar-refractivity contribution >= 4 is 39.9 Å². The van der Waals surface area contributed by atoms with Gasteiger partial charge in [-0.3, -0.25) is 15.0 Å². The molecule has 1 aliphatic heterocycles. The number of methoxy groups -OCH3 is 1. The fourth-order valence-corrected chi connectivity index (χ4v) is 5.87. The number of para-hydroxylation sites is 2. The summed E-state index contributed by atoms with van der Waals surface area (Å²) in [7, 11) is 1.60. The minimum absolute atomic E-state index is 0.119. The lowest BCUT2D eigenvalue weighted by molar-refractivity contribution is -0.117. The van der Waals surface area contributed by atoms with Crippen LogP contribution in [0.1, 0.15) is 32.4 Å². The Bertz CT molecular complexity index is 1800. The van der Waals surface area contributed by atoms with E-state index in [1.165, 1.54) is 23.7 Å². The SMILES string of the molecule is COc1ccccc1-n1nc(CC(C)C)cc1NC(=O)Nc1cnc(Oc2ccc(-c3cnc(N4CCCC4=O)s3)cc2)nc1. The van der Waals surface area contributed by atoms with Crippen LogP contribution in [0, 0.1) is 5.92 Å². The van der Waals surface area contributed by atoms with Gasteiger partial charge in [0, 0.05) is 25.2 Å². The molecular weight excluding hydrogens is 592 g/mol. The van der Waals surface area contributed by atoms with E-state index in [4.69, 9.17) is 14.6 Å². The van der Waals surface area contributed by atoms with Gasteiger partial charge in [0.1, 0.15) is 23.0 Å². The van der Waals surface area contributed by atoms with Gasteiger partial charge in [0.25, 0.3) is 0 Å².